The molecule has 0 aliphatic heterocycles. The van der Waals surface area contributed by atoms with E-state index in [1.54, 1.807) is 0 Å². The fourth-order valence-corrected chi connectivity index (χ4v) is 6.11. The van der Waals surface area contributed by atoms with Crippen LogP contribution in [0.1, 0.15) is 59.8 Å². The summed E-state index contributed by atoms with van der Waals surface area (Å²) < 4.78 is 6.10. The standard InChI is InChI=1S/C14H32O2Si/c1-7-8-9-10-11-14(13(4)15)17(5,6)16-12(2)3/h12-15H,7-11H2,1-6H3/t13-,14+/m0/s1. The Balaban J connectivity index is 4.29. The molecule has 0 heterocycles. The molecule has 0 unspecified atom stereocenters. The molecule has 0 aliphatic rings. The summed E-state index contributed by atoms with van der Waals surface area (Å²) in [5.41, 5.74) is 0.363. The molecule has 0 saturated carbocycles. The zero-order valence-corrected chi connectivity index (χ0v) is 13.6. The van der Waals surface area contributed by atoms with Gasteiger partial charge in [-0.05, 0) is 40.3 Å². The number of hydrogen-bond donors (Lipinski definition) is 1. The Morgan fingerprint density at radius 2 is 1.65 bits per heavy atom. The summed E-state index contributed by atoms with van der Waals surface area (Å²) in [5, 5.41) is 9.97. The Bertz CT molecular complexity index is 191. The van der Waals surface area contributed by atoms with Gasteiger partial charge in [0.1, 0.15) is 0 Å². The molecule has 0 radical (unpaired) electrons. The van der Waals surface area contributed by atoms with Gasteiger partial charge in [-0.25, -0.2) is 0 Å². The highest BCUT2D eigenvalue weighted by Crippen LogP contribution is 2.33. The van der Waals surface area contributed by atoms with E-state index in [0.717, 1.165) is 6.42 Å². The number of rotatable bonds is 9. The van der Waals surface area contributed by atoms with Gasteiger partial charge in [-0.1, -0.05) is 32.6 Å². The van der Waals surface area contributed by atoms with Crippen LogP contribution in [0, 0.1) is 0 Å². The zero-order chi connectivity index (χ0) is 13.5. The van der Waals surface area contributed by atoms with Crippen molar-refractivity contribution in [2.24, 2.45) is 0 Å². The molecule has 0 bridgehead atoms. The summed E-state index contributed by atoms with van der Waals surface area (Å²) in [7, 11) is -1.77. The number of aliphatic hydroxyl groups is 1. The molecule has 0 aromatic carbocycles. The van der Waals surface area contributed by atoms with Gasteiger partial charge in [0.05, 0.1) is 6.10 Å². The molecule has 0 spiro atoms. The van der Waals surface area contributed by atoms with Gasteiger partial charge < -0.3 is 9.53 Å². The van der Waals surface area contributed by atoms with Crippen LogP contribution in [0.4, 0.5) is 0 Å². The molecule has 0 saturated heterocycles. The van der Waals surface area contributed by atoms with Crippen molar-refractivity contribution < 1.29 is 9.53 Å². The first-order valence-electron chi connectivity index (χ1n) is 7.17. The summed E-state index contributed by atoms with van der Waals surface area (Å²) >= 11 is 0. The van der Waals surface area contributed by atoms with Crippen molar-refractivity contribution in [3.05, 3.63) is 0 Å². The minimum atomic E-state index is -1.77. The fourth-order valence-electron chi connectivity index (χ4n) is 2.66. The van der Waals surface area contributed by atoms with Crippen LogP contribution in [0.2, 0.25) is 18.6 Å². The molecule has 2 atom stereocenters. The summed E-state index contributed by atoms with van der Waals surface area (Å²) in [6.07, 6.45) is 6.23. The lowest BCUT2D eigenvalue weighted by Crippen LogP contribution is -2.43. The smallest absolute Gasteiger partial charge is 0.192 e. The molecular weight excluding hydrogens is 228 g/mol. The van der Waals surface area contributed by atoms with Gasteiger partial charge >= 0.3 is 0 Å². The van der Waals surface area contributed by atoms with E-state index < -0.39 is 8.32 Å². The van der Waals surface area contributed by atoms with Crippen molar-refractivity contribution in [1.29, 1.82) is 0 Å². The summed E-state index contributed by atoms with van der Waals surface area (Å²) in [6, 6.07) is 0. The zero-order valence-electron chi connectivity index (χ0n) is 12.6. The van der Waals surface area contributed by atoms with Crippen LogP contribution < -0.4 is 0 Å². The second-order valence-corrected chi connectivity index (χ2v) is 10.2. The summed E-state index contributed by atoms with van der Waals surface area (Å²) in [4.78, 5) is 0. The van der Waals surface area contributed by atoms with Crippen molar-refractivity contribution in [3.8, 4) is 0 Å². The van der Waals surface area contributed by atoms with Crippen LogP contribution in [0.5, 0.6) is 0 Å². The first-order chi connectivity index (χ1) is 7.81. The predicted octanol–water partition coefficient (Wildman–Crippen LogP) is 4.34. The van der Waals surface area contributed by atoms with E-state index in [4.69, 9.17) is 4.43 Å². The van der Waals surface area contributed by atoms with Crippen molar-refractivity contribution >= 4 is 8.32 Å². The van der Waals surface area contributed by atoms with Crippen molar-refractivity contribution in [2.75, 3.05) is 0 Å². The van der Waals surface area contributed by atoms with E-state index in [-0.39, 0.29) is 12.2 Å². The van der Waals surface area contributed by atoms with Crippen molar-refractivity contribution in [3.63, 3.8) is 0 Å². The Morgan fingerprint density at radius 1 is 1.06 bits per heavy atom. The Labute approximate surface area is 109 Å². The highest BCUT2D eigenvalue weighted by atomic mass is 28.4. The lowest BCUT2D eigenvalue weighted by molar-refractivity contribution is 0.152. The molecular formula is C14H32O2Si. The fraction of sp³-hybridized carbons (Fsp3) is 1.00. The van der Waals surface area contributed by atoms with Crippen LogP contribution >= 0.6 is 0 Å². The molecule has 0 amide bonds. The lowest BCUT2D eigenvalue weighted by Gasteiger charge is -2.35. The molecule has 2 nitrogen and oxygen atoms in total. The third-order valence-corrected chi connectivity index (χ3v) is 7.02. The summed E-state index contributed by atoms with van der Waals surface area (Å²) in [6.45, 7) is 12.8. The highest BCUT2D eigenvalue weighted by Gasteiger charge is 2.37. The van der Waals surface area contributed by atoms with Crippen LogP contribution in [0.15, 0.2) is 0 Å². The molecule has 3 heteroatoms. The second kappa shape index (κ2) is 8.28. The lowest BCUT2D eigenvalue weighted by atomic mass is 10.1. The number of aliphatic hydroxyl groups excluding tert-OH is 1. The molecule has 0 aromatic heterocycles. The van der Waals surface area contributed by atoms with E-state index in [0.29, 0.717) is 5.54 Å². The molecule has 1 N–H and O–H groups in total. The van der Waals surface area contributed by atoms with Crippen LogP contribution in [-0.4, -0.2) is 25.6 Å². The summed E-state index contributed by atoms with van der Waals surface area (Å²) in [5.74, 6) is 0. The van der Waals surface area contributed by atoms with Crippen LogP contribution in [0.3, 0.4) is 0 Å². The van der Waals surface area contributed by atoms with Gasteiger partial charge in [0.25, 0.3) is 0 Å². The van der Waals surface area contributed by atoms with E-state index in [1.807, 2.05) is 6.92 Å². The SMILES string of the molecule is CCCCCC[C@H]([C@H](C)O)[Si](C)(C)OC(C)C. The molecule has 17 heavy (non-hydrogen) atoms. The number of hydrogen-bond acceptors (Lipinski definition) is 2. The van der Waals surface area contributed by atoms with Gasteiger partial charge in [0, 0.05) is 11.6 Å². The van der Waals surface area contributed by atoms with E-state index in [9.17, 15) is 5.11 Å². The molecule has 104 valence electrons. The number of unbranched alkanes of at least 4 members (excludes halogenated alkanes) is 3. The third kappa shape index (κ3) is 7.22. The highest BCUT2D eigenvalue weighted by molar-refractivity contribution is 6.72. The topological polar surface area (TPSA) is 29.5 Å². The van der Waals surface area contributed by atoms with Gasteiger partial charge in [0.2, 0.25) is 0 Å². The predicted molar refractivity (Wildman–Crippen MR) is 77.9 cm³/mol. The van der Waals surface area contributed by atoms with Gasteiger partial charge in [-0.2, -0.15) is 0 Å². The molecule has 0 aromatic rings. The first kappa shape index (κ1) is 17.1. The van der Waals surface area contributed by atoms with Crippen molar-refractivity contribution in [2.45, 2.75) is 90.6 Å². The van der Waals surface area contributed by atoms with Gasteiger partial charge in [-0.15, -0.1) is 0 Å². The Hall–Kier alpha value is 0.137. The Kier molecular flexibility index (Phi) is 8.34. The van der Waals surface area contributed by atoms with Crippen LogP contribution in [0.25, 0.3) is 0 Å². The van der Waals surface area contributed by atoms with Gasteiger partial charge in [-0.3, -0.25) is 0 Å². The van der Waals surface area contributed by atoms with Gasteiger partial charge in [0.15, 0.2) is 8.32 Å². The maximum absolute atomic E-state index is 9.97. The minimum Gasteiger partial charge on any atom is -0.415 e. The maximum atomic E-state index is 9.97. The average Bonchev–Trinajstić information content (AvgIpc) is 2.14. The monoisotopic (exact) mass is 260 g/mol. The van der Waals surface area contributed by atoms with E-state index in [1.165, 1.54) is 25.7 Å². The second-order valence-electron chi connectivity index (χ2n) is 5.97. The maximum Gasteiger partial charge on any atom is 0.192 e. The first-order valence-corrected chi connectivity index (χ1v) is 10.2. The van der Waals surface area contributed by atoms with E-state index in [2.05, 4.69) is 33.9 Å². The molecule has 0 rings (SSSR count). The molecule has 0 aliphatic carbocycles. The minimum absolute atomic E-state index is 0.239. The Morgan fingerprint density at radius 3 is 2.06 bits per heavy atom. The third-order valence-electron chi connectivity index (χ3n) is 3.38. The van der Waals surface area contributed by atoms with E-state index >= 15 is 0 Å². The normalized spacial score (nSPS) is 16.2. The van der Waals surface area contributed by atoms with Crippen LogP contribution in [-0.2, 0) is 4.43 Å². The largest absolute Gasteiger partial charge is 0.415 e. The quantitative estimate of drug-likeness (QED) is 0.494. The molecule has 0 fully saturated rings. The van der Waals surface area contributed by atoms with Crippen molar-refractivity contribution in [1.82, 2.24) is 0 Å². The average molecular weight is 260 g/mol.